The molecule has 0 N–H and O–H groups in total. The Balaban J connectivity index is 1.65. The molecule has 120 valence electrons. The van der Waals surface area contributed by atoms with Gasteiger partial charge in [0.1, 0.15) is 0 Å². The lowest BCUT2D eigenvalue weighted by Gasteiger charge is -2.42. The van der Waals surface area contributed by atoms with E-state index in [0.29, 0.717) is 24.2 Å². The zero-order valence-corrected chi connectivity index (χ0v) is 12.2. The Morgan fingerprint density at radius 2 is 1.43 bits per heavy atom. The van der Waals surface area contributed by atoms with E-state index in [1.165, 1.54) is 0 Å². The molecule has 0 aromatic carbocycles. The summed E-state index contributed by atoms with van der Waals surface area (Å²) in [4.78, 5) is 0. The predicted octanol–water partition coefficient (Wildman–Crippen LogP) is 3.14. The first-order valence-electron chi connectivity index (χ1n) is 7.65. The van der Waals surface area contributed by atoms with Gasteiger partial charge in [0.05, 0.1) is 0 Å². The van der Waals surface area contributed by atoms with Gasteiger partial charge in [0.25, 0.3) is 0 Å². The number of rotatable bonds is 3. The molecule has 7 heteroatoms. The molecule has 21 heavy (non-hydrogen) atoms. The number of thiol groups is 1. The fraction of sp³-hybridized carbons (Fsp3) is 1.00. The van der Waals surface area contributed by atoms with Gasteiger partial charge in [-0.15, -0.1) is 0 Å². The zero-order chi connectivity index (χ0) is 15.2. The normalized spacial score (nSPS) is 48.3. The molecule has 4 saturated carbocycles. The summed E-state index contributed by atoms with van der Waals surface area (Å²) in [7, 11) is -4.46. The molecule has 0 saturated heterocycles. The van der Waals surface area contributed by atoms with Crippen molar-refractivity contribution < 1.29 is 26.0 Å². The van der Waals surface area contributed by atoms with E-state index in [1.54, 1.807) is 0 Å². The highest BCUT2D eigenvalue weighted by Crippen LogP contribution is 2.71. The monoisotopic (exact) mass is 326 g/mol. The Morgan fingerprint density at radius 1 is 0.810 bits per heavy atom. The minimum Gasteiger partial charge on any atom is -0.225 e. The van der Waals surface area contributed by atoms with Crippen molar-refractivity contribution in [2.24, 2.45) is 41.4 Å². The largest absolute Gasteiger partial charge is 0.404 e. The van der Waals surface area contributed by atoms with E-state index < -0.39 is 33.7 Å². The second kappa shape index (κ2) is 4.15. The summed E-state index contributed by atoms with van der Waals surface area (Å²) in [6.45, 7) is 0. The smallest absolute Gasteiger partial charge is 0.225 e. The van der Waals surface area contributed by atoms with Crippen LogP contribution in [0.4, 0.5) is 17.6 Å². The maximum Gasteiger partial charge on any atom is 0.404 e. The molecule has 4 rings (SSSR count). The highest BCUT2D eigenvalue weighted by molar-refractivity contribution is 7.73. The summed E-state index contributed by atoms with van der Waals surface area (Å²) in [5, 5.41) is -4.93. The Kier molecular flexibility index (Phi) is 2.82. The molecule has 0 heterocycles. The van der Waals surface area contributed by atoms with E-state index in [9.17, 15) is 26.0 Å². The van der Waals surface area contributed by atoms with Gasteiger partial charge >= 0.3 is 11.2 Å². The maximum atomic E-state index is 14.2. The van der Waals surface area contributed by atoms with Crippen LogP contribution in [0.15, 0.2) is 0 Å². The zero-order valence-electron chi connectivity index (χ0n) is 11.4. The lowest BCUT2D eigenvalue weighted by Crippen LogP contribution is -2.51. The molecule has 7 unspecified atom stereocenters. The molecule has 0 aromatic heterocycles. The van der Waals surface area contributed by atoms with Crippen molar-refractivity contribution in [1.29, 1.82) is 0 Å². The Labute approximate surface area is 122 Å². The van der Waals surface area contributed by atoms with Crippen molar-refractivity contribution >= 4 is 10.7 Å². The molecule has 4 fully saturated rings. The van der Waals surface area contributed by atoms with E-state index in [2.05, 4.69) is 0 Å². The molecule has 4 aliphatic carbocycles. The van der Waals surface area contributed by atoms with Crippen molar-refractivity contribution in [2.45, 2.75) is 43.3 Å². The quantitative estimate of drug-likeness (QED) is 0.491. The SMILES string of the molecule is O=[SH](=O)C(F)(F)C(F)(F)C1CC2CC1C1C3CCC(C3)C21. The third kappa shape index (κ3) is 1.61. The van der Waals surface area contributed by atoms with Crippen molar-refractivity contribution in [3.63, 3.8) is 0 Å². The van der Waals surface area contributed by atoms with Crippen LogP contribution in [0.3, 0.4) is 0 Å². The number of hydrogen-bond acceptors (Lipinski definition) is 2. The van der Waals surface area contributed by atoms with Gasteiger partial charge in [0.2, 0.25) is 10.7 Å². The van der Waals surface area contributed by atoms with Crippen LogP contribution in [0.5, 0.6) is 0 Å². The summed E-state index contributed by atoms with van der Waals surface area (Å²) in [6, 6.07) is 0. The average molecular weight is 326 g/mol. The summed E-state index contributed by atoms with van der Waals surface area (Å²) in [6.07, 6.45) is 3.90. The number of halogens is 4. The molecule has 2 nitrogen and oxygen atoms in total. The Bertz CT molecular complexity index is 539. The summed E-state index contributed by atoms with van der Waals surface area (Å²) in [5.41, 5.74) is 0. The number of fused-ring (bicyclic) bond motifs is 9. The molecular weight excluding hydrogens is 308 g/mol. The number of hydrogen-bond donors (Lipinski definition) is 1. The highest BCUT2D eigenvalue weighted by atomic mass is 32.2. The van der Waals surface area contributed by atoms with Gasteiger partial charge in [-0.25, -0.2) is 8.42 Å². The highest BCUT2D eigenvalue weighted by Gasteiger charge is 2.72. The first-order chi connectivity index (χ1) is 9.75. The van der Waals surface area contributed by atoms with E-state index in [1.807, 2.05) is 0 Å². The summed E-state index contributed by atoms with van der Waals surface area (Å²) in [5.74, 6) is -4.63. The van der Waals surface area contributed by atoms with E-state index in [0.717, 1.165) is 19.3 Å². The fourth-order valence-corrected chi connectivity index (χ4v) is 6.74. The first-order valence-corrected chi connectivity index (χ1v) is 8.83. The second-order valence-corrected chi connectivity index (χ2v) is 8.49. The van der Waals surface area contributed by atoms with E-state index in [4.69, 9.17) is 0 Å². The lowest BCUT2D eigenvalue weighted by atomic mass is 9.66. The van der Waals surface area contributed by atoms with Crippen LogP contribution in [-0.4, -0.2) is 19.6 Å². The minimum absolute atomic E-state index is 0.0703. The Hall–Kier alpha value is -0.330. The topological polar surface area (TPSA) is 34.1 Å². The van der Waals surface area contributed by atoms with Gasteiger partial charge in [-0.3, -0.25) is 0 Å². The third-order valence-corrected chi connectivity index (χ3v) is 7.59. The molecule has 0 amide bonds. The van der Waals surface area contributed by atoms with Gasteiger partial charge in [-0.05, 0) is 67.6 Å². The molecule has 7 atom stereocenters. The first kappa shape index (κ1) is 14.3. The molecule has 0 spiro atoms. The summed E-state index contributed by atoms with van der Waals surface area (Å²) < 4.78 is 76.5. The molecule has 0 radical (unpaired) electrons. The molecule has 0 aliphatic heterocycles. The van der Waals surface area contributed by atoms with Crippen molar-refractivity contribution in [2.75, 3.05) is 0 Å². The summed E-state index contributed by atoms with van der Waals surface area (Å²) >= 11 is 0. The van der Waals surface area contributed by atoms with Crippen molar-refractivity contribution in [3.05, 3.63) is 0 Å². The maximum absolute atomic E-state index is 14.2. The average Bonchev–Trinajstić information content (AvgIpc) is 3.15. The fourth-order valence-electron chi connectivity index (χ4n) is 6.33. The number of alkyl halides is 4. The van der Waals surface area contributed by atoms with Gasteiger partial charge in [0, 0.05) is 5.92 Å². The standard InChI is InChI=1S/C14H18F4O2S/c15-13(16,14(17,18)21(19)20)10-5-8-4-9(10)12-7-2-1-6(3-7)11(8)12/h6-12,21H,1-5H2. The molecule has 4 bridgehead atoms. The van der Waals surface area contributed by atoms with E-state index >= 15 is 0 Å². The van der Waals surface area contributed by atoms with Gasteiger partial charge < -0.3 is 0 Å². The predicted molar refractivity (Wildman–Crippen MR) is 67.7 cm³/mol. The van der Waals surface area contributed by atoms with Crippen LogP contribution in [0, 0.1) is 41.4 Å². The van der Waals surface area contributed by atoms with Crippen molar-refractivity contribution in [1.82, 2.24) is 0 Å². The lowest BCUT2D eigenvalue weighted by molar-refractivity contribution is -0.206. The second-order valence-electron chi connectivity index (χ2n) is 7.41. The van der Waals surface area contributed by atoms with Crippen LogP contribution in [-0.2, 0) is 10.7 Å². The van der Waals surface area contributed by atoms with Crippen LogP contribution in [0.2, 0.25) is 0 Å². The van der Waals surface area contributed by atoms with Crippen LogP contribution < -0.4 is 0 Å². The Morgan fingerprint density at radius 3 is 2.05 bits per heavy atom. The van der Waals surface area contributed by atoms with Crippen LogP contribution >= 0.6 is 0 Å². The van der Waals surface area contributed by atoms with Gasteiger partial charge in [0.15, 0.2) is 0 Å². The third-order valence-electron chi connectivity index (χ3n) is 6.83. The van der Waals surface area contributed by atoms with Gasteiger partial charge in [-0.1, -0.05) is 0 Å². The minimum atomic E-state index is -4.93. The van der Waals surface area contributed by atoms with Gasteiger partial charge in [-0.2, -0.15) is 17.6 Å². The molecular formula is C14H18F4O2S. The molecule has 4 aliphatic rings. The van der Waals surface area contributed by atoms with Crippen LogP contribution in [0.25, 0.3) is 0 Å². The van der Waals surface area contributed by atoms with Crippen molar-refractivity contribution in [3.8, 4) is 0 Å². The molecule has 0 aromatic rings. The van der Waals surface area contributed by atoms with Crippen LogP contribution in [0.1, 0.15) is 32.1 Å². The van der Waals surface area contributed by atoms with E-state index in [-0.39, 0.29) is 18.3 Å².